The van der Waals surface area contributed by atoms with Crippen molar-refractivity contribution in [2.75, 3.05) is 0 Å². The van der Waals surface area contributed by atoms with E-state index in [9.17, 15) is 4.79 Å². The number of aromatic amines is 1. The first kappa shape index (κ1) is 22.0. The molecular formula is C25H30N6OS. The van der Waals surface area contributed by atoms with Crippen LogP contribution in [0, 0.1) is 6.92 Å². The number of benzene rings is 1. The molecule has 3 heterocycles. The third-order valence-electron chi connectivity index (χ3n) is 6.79. The van der Waals surface area contributed by atoms with E-state index in [-0.39, 0.29) is 11.6 Å². The van der Waals surface area contributed by atoms with Crippen molar-refractivity contribution in [3.63, 3.8) is 0 Å². The molecule has 0 spiro atoms. The van der Waals surface area contributed by atoms with Crippen molar-refractivity contribution in [1.82, 2.24) is 30.1 Å². The van der Waals surface area contributed by atoms with E-state index in [1.54, 1.807) is 11.3 Å². The summed E-state index contributed by atoms with van der Waals surface area (Å²) in [5.74, 6) is 0.911. The summed E-state index contributed by atoms with van der Waals surface area (Å²) in [4.78, 5) is 19.8. The molecular weight excluding hydrogens is 432 g/mol. The molecule has 1 aliphatic rings. The lowest BCUT2D eigenvalue weighted by molar-refractivity contribution is 0.159. The quantitative estimate of drug-likeness (QED) is 0.392. The predicted octanol–water partition coefficient (Wildman–Crippen LogP) is 5.15. The standard InChI is InChI=1S/C25H30N6OS/c1-3-22(24-27-28-29-31(24)20-10-4-5-11-20)30(16-21-12-7-13-33-21)15-19-14-18-9-6-8-17(2)23(18)26-25(19)32/h6-9,12-14,20,22H,3-5,10-11,15-16H2,1-2H3,(H,26,32)/t22-/m1/s1. The van der Waals surface area contributed by atoms with Crippen LogP contribution in [0.2, 0.25) is 0 Å². The molecule has 0 saturated heterocycles. The third-order valence-corrected chi connectivity index (χ3v) is 7.65. The zero-order valence-electron chi connectivity index (χ0n) is 19.2. The summed E-state index contributed by atoms with van der Waals surface area (Å²) in [6.45, 7) is 5.48. The minimum absolute atomic E-state index is 0.0234. The van der Waals surface area contributed by atoms with Crippen molar-refractivity contribution in [3.05, 3.63) is 74.0 Å². The Morgan fingerprint density at radius 3 is 2.82 bits per heavy atom. The van der Waals surface area contributed by atoms with Gasteiger partial charge in [0.25, 0.3) is 5.56 Å². The van der Waals surface area contributed by atoms with Crippen LogP contribution in [-0.4, -0.2) is 30.1 Å². The second-order valence-corrected chi connectivity index (χ2v) is 10.0. The normalized spacial score (nSPS) is 15.6. The Balaban J connectivity index is 1.52. The minimum atomic E-state index is -0.0294. The number of hydrogen-bond donors (Lipinski definition) is 1. The van der Waals surface area contributed by atoms with Crippen molar-refractivity contribution in [3.8, 4) is 0 Å². The number of nitrogens with one attached hydrogen (secondary N) is 1. The summed E-state index contributed by atoms with van der Waals surface area (Å²) >= 11 is 1.74. The van der Waals surface area contributed by atoms with Crippen molar-refractivity contribution in [2.24, 2.45) is 0 Å². The lowest BCUT2D eigenvalue weighted by atomic mass is 10.1. The van der Waals surface area contributed by atoms with E-state index in [2.05, 4.69) is 60.6 Å². The molecule has 0 radical (unpaired) electrons. The Labute approximate surface area is 197 Å². The van der Waals surface area contributed by atoms with Crippen molar-refractivity contribution in [2.45, 2.75) is 71.1 Å². The number of H-pyrrole nitrogens is 1. The molecule has 1 atom stereocenters. The van der Waals surface area contributed by atoms with Crippen molar-refractivity contribution < 1.29 is 0 Å². The van der Waals surface area contributed by atoms with Gasteiger partial charge in [0.15, 0.2) is 5.82 Å². The second-order valence-electron chi connectivity index (χ2n) is 8.99. The molecule has 1 aliphatic carbocycles. The number of para-hydroxylation sites is 1. The van der Waals surface area contributed by atoms with Gasteiger partial charge in [0.1, 0.15) is 0 Å². The number of nitrogens with zero attached hydrogens (tertiary/aromatic N) is 5. The van der Waals surface area contributed by atoms with Crippen LogP contribution in [0.3, 0.4) is 0 Å². The van der Waals surface area contributed by atoms with E-state index in [0.717, 1.165) is 53.7 Å². The molecule has 1 saturated carbocycles. The van der Waals surface area contributed by atoms with Gasteiger partial charge >= 0.3 is 0 Å². The largest absolute Gasteiger partial charge is 0.321 e. The lowest BCUT2D eigenvalue weighted by Crippen LogP contribution is -2.32. The molecule has 1 N–H and O–H groups in total. The van der Waals surface area contributed by atoms with Gasteiger partial charge in [-0.3, -0.25) is 9.69 Å². The highest BCUT2D eigenvalue weighted by Crippen LogP contribution is 2.33. The van der Waals surface area contributed by atoms with E-state index in [1.807, 2.05) is 25.1 Å². The SMILES string of the molecule is CC[C@H](c1nnnn1C1CCCC1)N(Cc1cccs1)Cc1cc2cccc(C)c2[nH]c1=O. The van der Waals surface area contributed by atoms with Crippen LogP contribution in [-0.2, 0) is 13.1 Å². The van der Waals surface area contributed by atoms with Crippen LogP contribution in [0.5, 0.6) is 0 Å². The molecule has 4 aromatic rings. The molecule has 1 fully saturated rings. The van der Waals surface area contributed by atoms with Gasteiger partial charge in [-0.05, 0) is 65.1 Å². The van der Waals surface area contributed by atoms with Gasteiger partial charge in [0.2, 0.25) is 0 Å². The monoisotopic (exact) mass is 462 g/mol. The van der Waals surface area contributed by atoms with Gasteiger partial charge in [-0.15, -0.1) is 16.4 Å². The van der Waals surface area contributed by atoms with E-state index in [1.165, 1.54) is 17.7 Å². The molecule has 3 aromatic heterocycles. The maximum Gasteiger partial charge on any atom is 0.252 e. The topological polar surface area (TPSA) is 79.7 Å². The highest BCUT2D eigenvalue weighted by molar-refractivity contribution is 7.09. The number of tetrazole rings is 1. The summed E-state index contributed by atoms with van der Waals surface area (Å²) in [6.07, 6.45) is 5.58. The summed E-state index contributed by atoms with van der Waals surface area (Å²) in [5, 5.41) is 16.1. The fraction of sp³-hybridized carbons (Fsp3) is 0.440. The number of aromatic nitrogens is 5. The highest BCUT2D eigenvalue weighted by atomic mass is 32.1. The number of pyridine rings is 1. The zero-order valence-corrected chi connectivity index (χ0v) is 20.0. The van der Waals surface area contributed by atoms with E-state index >= 15 is 0 Å². The Morgan fingerprint density at radius 1 is 1.21 bits per heavy atom. The van der Waals surface area contributed by atoms with Crippen molar-refractivity contribution >= 4 is 22.2 Å². The molecule has 0 unspecified atom stereocenters. The molecule has 1 aromatic carbocycles. The lowest BCUT2D eigenvalue weighted by Gasteiger charge is -2.30. The summed E-state index contributed by atoms with van der Waals surface area (Å²) < 4.78 is 2.05. The predicted molar refractivity (Wildman–Crippen MR) is 131 cm³/mol. The number of fused-ring (bicyclic) bond motifs is 1. The van der Waals surface area contributed by atoms with Crippen LogP contribution in [0.15, 0.2) is 46.6 Å². The molecule has 172 valence electrons. The Hall–Kier alpha value is -2.84. The highest BCUT2D eigenvalue weighted by Gasteiger charge is 2.29. The first-order valence-corrected chi connectivity index (χ1v) is 12.7. The fourth-order valence-electron chi connectivity index (χ4n) is 5.08. The zero-order chi connectivity index (χ0) is 22.8. The molecule has 5 rings (SSSR count). The van der Waals surface area contributed by atoms with Crippen LogP contribution in [0.25, 0.3) is 10.9 Å². The van der Waals surface area contributed by atoms with Gasteiger partial charge < -0.3 is 4.98 Å². The van der Waals surface area contributed by atoms with E-state index in [4.69, 9.17) is 0 Å². The van der Waals surface area contributed by atoms with Crippen LogP contribution >= 0.6 is 11.3 Å². The number of hydrogen-bond acceptors (Lipinski definition) is 6. The number of aryl methyl sites for hydroxylation is 1. The van der Waals surface area contributed by atoms with Crippen LogP contribution in [0.4, 0.5) is 0 Å². The van der Waals surface area contributed by atoms with E-state index < -0.39 is 0 Å². The molecule has 0 aliphatic heterocycles. The average Bonchev–Trinajstić information content (AvgIpc) is 3.58. The Kier molecular flexibility index (Phi) is 6.37. The van der Waals surface area contributed by atoms with Gasteiger partial charge in [-0.25, -0.2) is 4.68 Å². The molecule has 8 heteroatoms. The molecule has 33 heavy (non-hydrogen) atoms. The first-order valence-electron chi connectivity index (χ1n) is 11.8. The minimum Gasteiger partial charge on any atom is -0.321 e. The summed E-state index contributed by atoms with van der Waals surface area (Å²) in [6, 6.07) is 12.8. The third kappa shape index (κ3) is 4.50. The Morgan fingerprint density at radius 2 is 2.06 bits per heavy atom. The maximum atomic E-state index is 13.1. The maximum absolute atomic E-state index is 13.1. The van der Waals surface area contributed by atoms with Gasteiger partial charge in [0.05, 0.1) is 17.6 Å². The number of rotatable bonds is 8. The second kappa shape index (κ2) is 9.57. The van der Waals surface area contributed by atoms with Crippen LogP contribution < -0.4 is 5.56 Å². The Bertz CT molecular complexity index is 1270. The first-order chi connectivity index (χ1) is 16.1. The smallest absolute Gasteiger partial charge is 0.252 e. The van der Waals surface area contributed by atoms with Gasteiger partial charge in [0, 0.05) is 23.5 Å². The fourth-order valence-corrected chi connectivity index (χ4v) is 5.81. The molecule has 7 nitrogen and oxygen atoms in total. The number of thiophene rings is 1. The average molecular weight is 463 g/mol. The molecule has 0 bridgehead atoms. The summed E-state index contributed by atoms with van der Waals surface area (Å²) in [5.41, 5.74) is 2.73. The van der Waals surface area contributed by atoms with Crippen molar-refractivity contribution in [1.29, 1.82) is 0 Å². The van der Waals surface area contributed by atoms with Gasteiger partial charge in [-0.1, -0.05) is 44.0 Å². The van der Waals surface area contributed by atoms with E-state index in [0.29, 0.717) is 12.6 Å². The summed E-state index contributed by atoms with van der Waals surface area (Å²) in [7, 11) is 0. The van der Waals surface area contributed by atoms with Gasteiger partial charge in [-0.2, -0.15) is 0 Å². The molecule has 0 amide bonds. The van der Waals surface area contributed by atoms with Crippen LogP contribution in [0.1, 0.15) is 72.9 Å².